The molecule has 2 saturated carbocycles. The third-order valence-electron chi connectivity index (χ3n) is 14.5. The quantitative estimate of drug-likeness (QED) is 0.195. The molecule has 6 aliphatic rings. The summed E-state index contributed by atoms with van der Waals surface area (Å²) in [6, 6.07) is 0. The van der Waals surface area contributed by atoms with Crippen molar-refractivity contribution in [2.24, 2.45) is 57.2 Å². The second-order valence-corrected chi connectivity index (χ2v) is 18.1. The third kappa shape index (κ3) is 8.16. The Morgan fingerprint density at radius 1 is 0.706 bits per heavy atom. The minimum atomic E-state index is -0.588. The maximum absolute atomic E-state index is 12.8. The van der Waals surface area contributed by atoms with Crippen molar-refractivity contribution in [1.29, 1.82) is 0 Å². The molecule has 6 rings (SSSR count). The Hall–Kier alpha value is -2.22. The maximum atomic E-state index is 12.8. The zero-order valence-corrected chi connectivity index (χ0v) is 33.1. The molecule has 2 fully saturated rings. The second-order valence-electron chi connectivity index (χ2n) is 18.1. The monoisotopic (exact) mass is 711 g/mol. The average Bonchev–Trinajstić information content (AvgIpc) is 3.10. The molecule has 0 radical (unpaired) electrons. The number of hydrogen-bond acceptors (Lipinski definition) is 6. The Kier molecular flexibility index (Phi) is 13.7. The van der Waals surface area contributed by atoms with E-state index in [4.69, 9.17) is 20.1 Å². The molecular formula is C44H70O7. The Morgan fingerprint density at radius 2 is 1.14 bits per heavy atom. The lowest BCUT2D eigenvalue weighted by Crippen LogP contribution is -2.53. The first-order chi connectivity index (χ1) is 24.0. The van der Waals surface area contributed by atoms with Crippen LogP contribution in [0.1, 0.15) is 132 Å². The van der Waals surface area contributed by atoms with Crippen LogP contribution in [0.5, 0.6) is 0 Å². The topological polar surface area (TPSA) is 124 Å². The lowest BCUT2D eigenvalue weighted by Gasteiger charge is -2.57. The van der Waals surface area contributed by atoms with E-state index in [1.807, 2.05) is 6.92 Å². The molecule has 8 atom stereocenters. The fourth-order valence-corrected chi connectivity index (χ4v) is 11.5. The largest absolute Gasteiger partial charge is 0.481 e. The summed E-state index contributed by atoms with van der Waals surface area (Å²) in [5.74, 6) is 2.31. The number of carboxylic acids is 1. The summed E-state index contributed by atoms with van der Waals surface area (Å²) in [7, 11) is 0. The third-order valence-corrected chi connectivity index (χ3v) is 14.5. The number of carboxylic acid groups (broad SMARTS) is 1. The number of aliphatic carboxylic acids is 1. The van der Waals surface area contributed by atoms with Crippen molar-refractivity contribution < 1.29 is 34.8 Å². The number of aliphatic hydroxyl groups excluding tert-OH is 3. The molecular weight excluding hydrogens is 640 g/mol. The van der Waals surface area contributed by atoms with E-state index in [1.54, 1.807) is 11.1 Å². The maximum Gasteiger partial charge on any atom is 0.312 e. The van der Waals surface area contributed by atoms with E-state index in [-0.39, 0.29) is 49.1 Å². The lowest BCUT2D eigenvalue weighted by molar-refractivity contribution is -0.170. The van der Waals surface area contributed by atoms with Crippen molar-refractivity contribution in [2.45, 2.75) is 132 Å². The van der Waals surface area contributed by atoms with Gasteiger partial charge in [-0.1, -0.05) is 89.8 Å². The van der Waals surface area contributed by atoms with Gasteiger partial charge in [0.1, 0.15) is 6.61 Å². The van der Waals surface area contributed by atoms with Crippen LogP contribution in [0.3, 0.4) is 0 Å². The number of hydrogen-bond donors (Lipinski definition) is 4. The van der Waals surface area contributed by atoms with Crippen LogP contribution in [0.2, 0.25) is 0 Å². The van der Waals surface area contributed by atoms with Gasteiger partial charge in [0.15, 0.2) is 0 Å². The smallest absolute Gasteiger partial charge is 0.312 e. The van der Waals surface area contributed by atoms with Crippen LogP contribution in [0.25, 0.3) is 0 Å². The van der Waals surface area contributed by atoms with Crippen molar-refractivity contribution in [1.82, 2.24) is 0 Å². The predicted octanol–water partition coefficient (Wildman–Crippen LogP) is 8.83. The molecule has 7 heteroatoms. The molecule has 0 heterocycles. The number of aliphatic hydroxyl groups is 3. The predicted molar refractivity (Wildman–Crippen MR) is 204 cm³/mol. The van der Waals surface area contributed by atoms with E-state index in [0.717, 1.165) is 38.5 Å². The molecule has 0 aromatic carbocycles. The summed E-state index contributed by atoms with van der Waals surface area (Å²) in [4.78, 5) is 24.8. The fraction of sp³-hybridized carbons (Fsp3) is 0.773. The van der Waals surface area contributed by atoms with Crippen LogP contribution < -0.4 is 0 Å². The summed E-state index contributed by atoms with van der Waals surface area (Å²) in [6.07, 6.45) is 22.6. The van der Waals surface area contributed by atoms with Gasteiger partial charge in [-0.05, 0) is 136 Å². The van der Waals surface area contributed by atoms with E-state index in [0.29, 0.717) is 29.6 Å². The van der Waals surface area contributed by atoms with Gasteiger partial charge in [0, 0.05) is 0 Å². The molecule has 0 aromatic rings. The van der Waals surface area contributed by atoms with Crippen LogP contribution in [0.15, 0.2) is 46.6 Å². The molecule has 7 nitrogen and oxygen atoms in total. The zero-order valence-electron chi connectivity index (χ0n) is 33.1. The van der Waals surface area contributed by atoms with E-state index in [2.05, 4.69) is 72.8 Å². The molecule has 4 N–H and O–H groups in total. The lowest BCUT2D eigenvalue weighted by atomic mass is 9.47. The van der Waals surface area contributed by atoms with Crippen LogP contribution >= 0.6 is 0 Å². The van der Waals surface area contributed by atoms with Crippen LogP contribution in [-0.2, 0) is 14.3 Å². The van der Waals surface area contributed by atoms with E-state index in [1.165, 1.54) is 49.7 Å². The summed E-state index contributed by atoms with van der Waals surface area (Å²) >= 11 is 0. The van der Waals surface area contributed by atoms with Gasteiger partial charge >= 0.3 is 11.9 Å². The molecule has 288 valence electrons. The summed E-state index contributed by atoms with van der Waals surface area (Å²) < 4.78 is 5.39. The van der Waals surface area contributed by atoms with Crippen molar-refractivity contribution in [3.05, 3.63) is 46.6 Å². The van der Waals surface area contributed by atoms with Crippen LogP contribution in [0.4, 0.5) is 0 Å². The number of rotatable bonds is 7. The van der Waals surface area contributed by atoms with Gasteiger partial charge in [-0.25, -0.2) is 0 Å². The Morgan fingerprint density at radius 3 is 1.53 bits per heavy atom. The van der Waals surface area contributed by atoms with Gasteiger partial charge in [0.05, 0.1) is 30.7 Å². The molecule has 0 bridgehead atoms. The average molecular weight is 711 g/mol. The molecule has 6 aliphatic carbocycles. The molecule has 0 aromatic heterocycles. The first-order valence-corrected chi connectivity index (χ1v) is 20.1. The first-order valence-electron chi connectivity index (χ1n) is 20.1. The van der Waals surface area contributed by atoms with Gasteiger partial charge in [-0.15, -0.1) is 0 Å². The van der Waals surface area contributed by atoms with Crippen molar-refractivity contribution in [3.8, 4) is 0 Å². The number of carbonyl (C=O) groups is 2. The van der Waals surface area contributed by atoms with Crippen molar-refractivity contribution in [2.75, 3.05) is 26.4 Å². The zero-order chi connectivity index (χ0) is 37.8. The molecule has 51 heavy (non-hydrogen) atoms. The fourth-order valence-electron chi connectivity index (χ4n) is 11.5. The number of ether oxygens (including phenoxy) is 1. The van der Waals surface area contributed by atoms with Crippen molar-refractivity contribution in [3.63, 3.8) is 0 Å². The van der Waals surface area contributed by atoms with Gasteiger partial charge in [0.25, 0.3) is 0 Å². The first kappa shape index (κ1) is 41.5. The molecule has 0 spiro atoms. The normalized spacial score (nSPS) is 36.9. The Labute approximate surface area is 308 Å². The summed E-state index contributed by atoms with van der Waals surface area (Å²) in [5.41, 5.74) is 5.53. The summed E-state index contributed by atoms with van der Waals surface area (Å²) in [5, 5.41) is 34.1. The Bertz CT molecular complexity index is 1370. The van der Waals surface area contributed by atoms with Gasteiger partial charge in [0.2, 0.25) is 0 Å². The second kappa shape index (κ2) is 16.8. The van der Waals surface area contributed by atoms with E-state index in [9.17, 15) is 14.7 Å². The number of fused-ring (bicyclic) bond motifs is 6. The summed E-state index contributed by atoms with van der Waals surface area (Å²) in [6.45, 7) is 17.8. The SMILES string of the molecule is CC(C)C1=CC2=CCC3C(C)(C(=O)O)CCCC3(C)C2CC1.CC(C)C1=CC2=CCC3C(C)(C(=O)OCCO)CCCC3(C)C2CC1.OCCO. The highest BCUT2D eigenvalue weighted by molar-refractivity contribution is 5.77. The van der Waals surface area contributed by atoms with E-state index >= 15 is 0 Å². The van der Waals surface area contributed by atoms with Gasteiger partial charge in [-0.2, -0.15) is 0 Å². The van der Waals surface area contributed by atoms with Crippen molar-refractivity contribution >= 4 is 11.9 Å². The highest BCUT2D eigenvalue weighted by Crippen LogP contribution is 2.63. The highest BCUT2D eigenvalue weighted by atomic mass is 16.5. The number of allylic oxidation sites excluding steroid dienone is 8. The van der Waals surface area contributed by atoms with E-state index < -0.39 is 16.8 Å². The minimum absolute atomic E-state index is 0.0980. The van der Waals surface area contributed by atoms with Crippen LogP contribution in [-0.4, -0.2) is 58.8 Å². The molecule has 0 amide bonds. The Balaban J connectivity index is 0.000000208. The molecule has 0 aliphatic heterocycles. The molecule has 0 saturated heterocycles. The van der Waals surface area contributed by atoms with Gasteiger partial charge < -0.3 is 25.2 Å². The molecule has 8 unspecified atom stereocenters. The number of carbonyl (C=O) groups excluding carboxylic acids is 1. The van der Waals surface area contributed by atoms with Crippen LogP contribution in [0, 0.1) is 57.2 Å². The highest BCUT2D eigenvalue weighted by Gasteiger charge is 2.58. The van der Waals surface area contributed by atoms with Gasteiger partial charge in [-0.3, -0.25) is 9.59 Å². The number of esters is 1. The standard InChI is InChI=1S/C22H34O3.C20H30O2.C2H6O2/c1-15(2)16-6-8-18-17(14-16)7-9-19-21(18,3)10-5-11-22(19,4)20(24)25-13-12-23;1-13(2)14-6-8-16-15(12-14)7-9-17-19(16,3)10-5-11-20(17,4)18(21)22;3-1-2-4/h7,14-15,18-19,23H,5-6,8-13H2,1-4H3;7,12-13,16-17H,5-6,8-11H2,1-4H3,(H,21,22);3-4H,1-2H2. The minimum Gasteiger partial charge on any atom is -0.481 e.